The summed E-state index contributed by atoms with van der Waals surface area (Å²) < 4.78 is 61.5. The lowest BCUT2D eigenvalue weighted by Crippen LogP contribution is -2.52. The van der Waals surface area contributed by atoms with Crippen LogP contribution in [0.1, 0.15) is 55.3 Å². The minimum atomic E-state index is -4.97. The summed E-state index contributed by atoms with van der Waals surface area (Å²) >= 11 is 0. The molecule has 180 valence electrons. The quantitative estimate of drug-likeness (QED) is 0.504. The monoisotopic (exact) mass is 476 g/mol. The summed E-state index contributed by atoms with van der Waals surface area (Å²) in [6, 6.07) is 9.66. The van der Waals surface area contributed by atoms with Crippen LogP contribution in [0.15, 0.2) is 53.7 Å². The molecule has 1 aliphatic heterocycles. The normalized spacial score (nSPS) is 22.6. The molecule has 2 aromatic carbocycles. The third-order valence-electron chi connectivity index (χ3n) is 6.35. The van der Waals surface area contributed by atoms with E-state index in [-0.39, 0.29) is 17.7 Å². The van der Waals surface area contributed by atoms with E-state index in [1.807, 2.05) is 6.07 Å². The first-order chi connectivity index (χ1) is 16.0. The molecule has 5 nitrogen and oxygen atoms in total. The SMILES string of the molecule is CCCC1(C(=O)O)C(c2ccccc2OC)NC(C)=C(C#N)C1c1ccc(F)cc1C(F)(F)F. The van der Waals surface area contributed by atoms with Gasteiger partial charge in [0.15, 0.2) is 0 Å². The predicted octanol–water partition coefficient (Wildman–Crippen LogP) is 5.95. The number of carboxylic acids is 1. The fraction of sp³-hybridized carbons (Fsp3) is 0.360. The van der Waals surface area contributed by atoms with Gasteiger partial charge in [0.25, 0.3) is 0 Å². The van der Waals surface area contributed by atoms with Crippen molar-refractivity contribution in [1.29, 1.82) is 5.26 Å². The number of methoxy groups -OCH3 is 1. The van der Waals surface area contributed by atoms with Crippen LogP contribution in [0.2, 0.25) is 0 Å². The van der Waals surface area contributed by atoms with Gasteiger partial charge in [-0.3, -0.25) is 4.79 Å². The lowest BCUT2D eigenvalue weighted by atomic mass is 9.58. The molecule has 34 heavy (non-hydrogen) atoms. The van der Waals surface area contributed by atoms with Gasteiger partial charge in [0.05, 0.1) is 30.4 Å². The van der Waals surface area contributed by atoms with Crippen LogP contribution in [-0.4, -0.2) is 18.2 Å². The van der Waals surface area contributed by atoms with E-state index in [4.69, 9.17) is 4.74 Å². The Morgan fingerprint density at radius 3 is 2.47 bits per heavy atom. The van der Waals surface area contributed by atoms with Crippen LogP contribution in [0.3, 0.4) is 0 Å². The number of hydrogen-bond acceptors (Lipinski definition) is 4. The summed E-state index contributed by atoms with van der Waals surface area (Å²) in [6.45, 7) is 3.23. The van der Waals surface area contributed by atoms with Crippen molar-refractivity contribution in [3.8, 4) is 11.8 Å². The Bertz CT molecular complexity index is 1170. The fourth-order valence-electron chi connectivity index (χ4n) is 4.99. The van der Waals surface area contributed by atoms with Gasteiger partial charge >= 0.3 is 12.1 Å². The van der Waals surface area contributed by atoms with Gasteiger partial charge in [0.1, 0.15) is 17.0 Å². The van der Waals surface area contributed by atoms with Crippen LogP contribution < -0.4 is 10.1 Å². The largest absolute Gasteiger partial charge is 0.496 e. The molecule has 0 spiro atoms. The highest BCUT2D eigenvalue weighted by atomic mass is 19.4. The highest BCUT2D eigenvalue weighted by molar-refractivity contribution is 5.80. The van der Waals surface area contributed by atoms with Crippen LogP contribution in [0, 0.1) is 22.6 Å². The van der Waals surface area contributed by atoms with E-state index < -0.39 is 46.5 Å². The maximum absolute atomic E-state index is 14.0. The predicted molar refractivity (Wildman–Crippen MR) is 116 cm³/mol. The first-order valence-electron chi connectivity index (χ1n) is 10.6. The Labute approximate surface area is 194 Å². The lowest BCUT2D eigenvalue weighted by Gasteiger charge is -2.48. The third-order valence-corrected chi connectivity index (χ3v) is 6.35. The van der Waals surface area contributed by atoms with Gasteiger partial charge in [-0.1, -0.05) is 37.6 Å². The third kappa shape index (κ3) is 4.09. The molecule has 0 amide bonds. The van der Waals surface area contributed by atoms with Crippen LogP contribution in [0.5, 0.6) is 5.75 Å². The highest BCUT2D eigenvalue weighted by Gasteiger charge is 2.58. The molecule has 3 atom stereocenters. The smallest absolute Gasteiger partial charge is 0.416 e. The minimum Gasteiger partial charge on any atom is -0.496 e. The van der Waals surface area contributed by atoms with Crippen molar-refractivity contribution in [2.45, 2.75) is 44.8 Å². The van der Waals surface area contributed by atoms with E-state index in [1.165, 1.54) is 14.0 Å². The average molecular weight is 476 g/mol. The van der Waals surface area contributed by atoms with Crippen LogP contribution >= 0.6 is 0 Å². The second-order valence-electron chi connectivity index (χ2n) is 8.23. The summed E-state index contributed by atoms with van der Waals surface area (Å²) in [5.41, 5.74) is -3.14. The van der Waals surface area contributed by atoms with Crippen molar-refractivity contribution in [2.75, 3.05) is 7.11 Å². The van der Waals surface area contributed by atoms with Gasteiger partial charge in [0, 0.05) is 17.2 Å². The van der Waals surface area contributed by atoms with Crippen LogP contribution in [0.4, 0.5) is 17.6 Å². The van der Waals surface area contributed by atoms with Crippen LogP contribution in [0.25, 0.3) is 0 Å². The van der Waals surface area contributed by atoms with Gasteiger partial charge in [0.2, 0.25) is 0 Å². The molecule has 2 aromatic rings. The van der Waals surface area contributed by atoms with Crippen LogP contribution in [-0.2, 0) is 11.0 Å². The van der Waals surface area contributed by atoms with Gasteiger partial charge in [-0.25, -0.2) is 4.39 Å². The molecule has 2 N–H and O–H groups in total. The molecule has 0 bridgehead atoms. The number of nitrogens with one attached hydrogen (secondary N) is 1. The Balaban J connectivity index is 2.47. The molecule has 0 aliphatic carbocycles. The Morgan fingerprint density at radius 1 is 1.24 bits per heavy atom. The number of para-hydroxylation sites is 1. The van der Waals surface area contributed by atoms with E-state index in [0.29, 0.717) is 23.8 Å². The number of alkyl halides is 3. The number of ether oxygens (including phenoxy) is 1. The Hall–Kier alpha value is -3.54. The minimum absolute atomic E-state index is 0.0597. The number of carboxylic acid groups (broad SMARTS) is 1. The fourth-order valence-corrected chi connectivity index (χ4v) is 4.99. The maximum Gasteiger partial charge on any atom is 0.416 e. The molecular weight excluding hydrogens is 452 g/mol. The summed E-state index contributed by atoms with van der Waals surface area (Å²) in [5, 5.41) is 23.7. The summed E-state index contributed by atoms with van der Waals surface area (Å²) in [7, 11) is 1.41. The van der Waals surface area contributed by atoms with E-state index in [2.05, 4.69) is 5.32 Å². The van der Waals surface area contributed by atoms with Crippen molar-refractivity contribution in [3.63, 3.8) is 0 Å². The molecule has 0 fully saturated rings. The van der Waals surface area contributed by atoms with Crippen molar-refractivity contribution >= 4 is 5.97 Å². The van der Waals surface area contributed by atoms with Gasteiger partial charge in [-0.05, 0) is 37.1 Å². The number of allylic oxidation sites excluding steroid dienone is 2. The van der Waals surface area contributed by atoms with Gasteiger partial charge in [-0.15, -0.1) is 0 Å². The lowest BCUT2D eigenvalue weighted by molar-refractivity contribution is -0.154. The molecule has 3 unspecified atom stereocenters. The molecule has 0 radical (unpaired) electrons. The van der Waals surface area contributed by atoms with E-state index >= 15 is 0 Å². The van der Waals surface area contributed by atoms with Crippen molar-refractivity contribution in [1.82, 2.24) is 5.32 Å². The zero-order valence-corrected chi connectivity index (χ0v) is 18.8. The summed E-state index contributed by atoms with van der Waals surface area (Å²) in [6.07, 6.45) is -4.72. The summed E-state index contributed by atoms with van der Waals surface area (Å²) in [4.78, 5) is 13.1. The number of rotatable bonds is 6. The number of nitrogens with zero attached hydrogens (tertiary/aromatic N) is 1. The Kier molecular flexibility index (Phi) is 6.92. The van der Waals surface area contributed by atoms with E-state index in [1.54, 1.807) is 31.2 Å². The molecule has 9 heteroatoms. The Morgan fingerprint density at radius 2 is 1.91 bits per heavy atom. The van der Waals surface area contributed by atoms with Gasteiger partial charge < -0.3 is 15.2 Å². The number of aliphatic carboxylic acids is 1. The zero-order valence-electron chi connectivity index (χ0n) is 18.8. The second kappa shape index (κ2) is 9.37. The van der Waals surface area contributed by atoms with Crippen molar-refractivity contribution < 1.29 is 32.2 Å². The number of halogens is 4. The molecule has 0 saturated heterocycles. The first kappa shape index (κ1) is 25.1. The van der Waals surface area contributed by atoms with E-state index in [9.17, 15) is 32.7 Å². The van der Waals surface area contributed by atoms with Gasteiger partial charge in [-0.2, -0.15) is 18.4 Å². The number of hydrogen-bond donors (Lipinski definition) is 2. The molecule has 0 aromatic heterocycles. The molecule has 1 aliphatic rings. The summed E-state index contributed by atoms with van der Waals surface area (Å²) in [5.74, 6) is -3.63. The number of benzene rings is 2. The first-order valence-corrected chi connectivity index (χ1v) is 10.6. The number of nitriles is 1. The standard InChI is InChI=1S/C25H24F4N2O3/c1-4-11-24(23(32)33)21(16-10-9-15(26)12-19(16)25(27,28)29)18(13-30)14(2)31-22(24)17-7-5-6-8-20(17)34-3/h5-10,12,21-22,31H,4,11H2,1-3H3,(H,32,33). The highest BCUT2D eigenvalue weighted by Crippen LogP contribution is 2.58. The molecule has 3 rings (SSSR count). The number of carbonyl (C=O) groups is 1. The van der Waals surface area contributed by atoms with E-state index in [0.717, 1.165) is 12.1 Å². The van der Waals surface area contributed by atoms with Crippen molar-refractivity contribution in [2.24, 2.45) is 5.41 Å². The molecule has 1 heterocycles. The zero-order chi connectivity index (χ0) is 25.3. The second-order valence-corrected chi connectivity index (χ2v) is 8.23. The molecule has 0 saturated carbocycles. The average Bonchev–Trinajstić information content (AvgIpc) is 2.79. The van der Waals surface area contributed by atoms with Crippen molar-refractivity contribution in [3.05, 3.63) is 76.2 Å². The topological polar surface area (TPSA) is 82.3 Å². The maximum atomic E-state index is 14.0. The molecular formula is C25H24F4N2O3.